The fourth-order valence-corrected chi connectivity index (χ4v) is 3.41. The van der Waals surface area contributed by atoms with E-state index in [2.05, 4.69) is 10.9 Å². The molecule has 0 N–H and O–H groups in total. The number of benzene rings is 1. The van der Waals surface area contributed by atoms with E-state index in [1.807, 2.05) is 38.1 Å². The van der Waals surface area contributed by atoms with Crippen LogP contribution in [-0.4, -0.2) is 35.9 Å². The smallest absolute Gasteiger partial charge is 0.189 e. The van der Waals surface area contributed by atoms with Crippen LogP contribution in [0.1, 0.15) is 13.8 Å². The first-order valence-electron chi connectivity index (χ1n) is 8.11. The third kappa shape index (κ3) is 3.19. The molecule has 2 aliphatic heterocycles. The summed E-state index contributed by atoms with van der Waals surface area (Å²) in [5.41, 5.74) is 0.774. The summed E-state index contributed by atoms with van der Waals surface area (Å²) in [7, 11) is 0. The lowest BCUT2D eigenvalue weighted by Gasteiger charge is -2.23. The van der Waals surface area contributed by atoms with E-state index in [0.717, 1.165) is 10.9 Å². The second kappa shape index (κ2) is 6.15. The molecule has 2 aliphatic rings. The Morgan fingerprint density at radius 1 is 1.28 bits per heavy atom. The Morgan fingerprint density at radius 2 is 2.08 bits per heavy atom. The predicted octanol–water partition coefficient (Wildman–Crippen LogP) is 3.39. The van der Waals surface area contributed by atoms with Crippen molar-refractivity contribution in [2.75, 3.05) is 6.61 Å². The van der Waals surface area contributed by atoms with Crippen LogP contribution in [0.4, 0.5) is 0 Å². The maximum Gasteiger partial charge on any atom is 0.189 e. The zero-order chi connectivity index (χ0) is 17.6. The normalized spacial score (nSPS) is 30.2. The summed E-state index contributed by atoms with van der Waals surface area (Å²) in [6.45, 7) is 4.00. The molecule has 1 aromatic heterocycles. The van der Waals surface area contributed by atoms with Crippen molar-refractivity contribution in [1.29, 1.82) is 0 Å². The lowest BCUT2D eigenvalue weighted by molar-refractivity contribution is -0.210. The second-order valence-electron chi connectivity index (χ2n) is 6.64. The van der Waals surface area contributed by atoms with Crippen LogP contribution in [0, 0.1) is 18.3 Å². The Bertz CT molecular complexity index is 847. The van der Waals surface area contributed by atoms with E-state index in [9.17, 15) is 0 Å². The first-order chi connectivity index (χ1) is 11.9. The van der Waals surface area contributed by atoms with Gasteiger partial charge in [-0.25, -0.2) is 4.98 Å². The maximum absolute atomic E-state index is 5.95. The van der Waals surface area contributed by atoms with Crippen molar-refractivity contribution in [1.82, 2.24) is 4.98 Å². The molecule has 2 aromatic rings. The van der Waals surface area contributed by atoms with Crippen molar-refractivity contribution in [2.45, 2.75) is 38.1 Å². The second-order valence-corrected chi connectivity index (χ2v) is 7.02. The van der Waals surface area contributed by atoms with Gasteiger partial charge < -0.3 is 18.9 Å². The van der Waals surface area contributed by atoms with E-state index in [4.69, 9.17) is 37.0 Å². The number of nitrogens with zero attached hydrogens (tertiary/aromatic N) is 1. The van der Waals surface area contributed by atoms with Crippen LogP contribution in [0.2, 0.25) is 5.15 Å². The van der Waals surface area contributed by atoms with Crippen LogP contribution in [-0.2, 0) is 14.2 Å². The van der Waals surface area contributed by atoms with Crippen LogP contribution >= 0.6 is 11.6 Å². The Balaban J connectivity index is 1.46. The van der Waals surface area contributed by atoms with Crippen LogP contribution in [0.15, 0.2) is 30.3 Å². The molecule has 2 fully saturated rings. The molecule has 5 nitrogen and oxygen atoms in total. The number of aromatic nitrogens is 1. The molecule has 0 radical (unpaired) electrons. The summed E-state index contributed by atoms with van der Waals surface area (Å²) in [5.74, 6) is 2.53. The van der Waals surface area contributed by atoms with Crippen molar-refractivity contribution >= 4 is 22.5 Å². The van der Waals surface area contributed by atoms with Crippen molar-refractivity contribution in [3.8, 4) is 18.1 Å². The van der Waals surface area contributed by atoms with E-state index in [1.54, 1.807) is 6.07 Å². The molecule has 4 atom stereocenters. The lowest BCUT2D eigenvalue weighted by atomic mass is 10.00. The van der Waals surface area contributed by atoms with Gasteiger partial charge in [0.2, 0.25) is 0 Å². The number of fused-ring (bicyclic) bond motifs is 2. The maximum atomic E-state index is 5.95. The van der Waals surface area contributed by atoms with Crippen LogP contribution in [0.25, 0.3) is 10.9 Å². The van der Waals surface area contributed by atoms with Crippen molar-refractivity contribution in [3.05, 3.63) is 35.5 Å². The van der Waals surface area contributed by atoms with E-state index >= 15 is 0 Å². The number of ether oxygens (including phenoxy) is 4. The van der Waals surface area contributed by atoms with Gasteiger partial charge in [-0.3, -0.25) is 0 Å². The number of terminal acetylenes is 1. The van der Waals surface area contributed by atoms with Crippen LogP contribution in [0.3, 0.4) is 0 Å². The Hall–Kier alpha value is -1.84. The highest BCUT2D eigenvalue weighted by Gasteiger charge is 2.54. The molecule has 0 unspecified atom stereocenters. The minimum Gasteiger partial charge on any atom is -0.491 e. The summed E-state index contributed by atoms with van der Waals surface area (Å²) in [6.07, 6.45) is 4.66. The number of pyridine rings is 1. The van der Waals surface area contributed by atoms with E-state index in [-0.39, 0.29) is 18.1 Å². The molecule has 0 saturated carbocycles. The van der Waals surface area contributed by atoms with Gasteiger partial charge in [-0.05, 0) is 38.1 Å². The molecule has 2 saturated heterocycles. The van der Waals surface area contributed by atoms with Gasteiger partial charge in [0, 0.05) is 11.5 Å². The lowest BCUT2D eigenvalue weighted by Crippen LogP contribution is -2.32. The summed E-state index contributed by atoms with van der Waals surface area (Å²) in [5, 5.41) is 1.44. The molecule has 4 rings (SSSR count). The molecule has 0 amide bonds. The minimum atomic E-state index is -0.681. The summed E-state index contributed by atoms with van der Waals surface area (Å²) >= 11 is 5.95. The standard InChI is InChI=1S/C19H18ClNO4/c1-4-13-15(23-18-17(13)24-19(2,3)25-18)10-22-12-7-5-11-6-8-16(20)21-14(11)9-12/h1,5-9,13,15,17-18H,10H2,2-3H3/t13-,15+,17+,18+/m0/s1. The molecule has 0 bridgehead atoms. The fraction of sp³-hybridized carbons (Fsp3) is 0.421. The molecular weight excluding hydrogens is 342 g/mol. The number of hydrogen-bond donors (Lipinski definition) is 0. The predicted molar refractivity (Wildman–Crippen MR) is 93.3 cm³/mol. The van der Waals surface area contributed by atoms with Gasteiger partial charge in [0.25, 0.3) is 0 Å². The van der Waals surface area contributed by atoms with Crippen LogP contribution < -0.4 is 4.74 Å². The van der Waals surface area contributed by atoms with Crippen LogP contribution in [0.5, 0.6) is 5.75 Å². The van der Waals surface area contributed by atoms with Crippen molar-refractivity contribution in [2.24, 2.45) is 5.92 Å². The average molecular weight is 360 g/mol. The van der Waals surface area contributed by atoms with Gasteiger partial charge in [0.05, 0.1) is 11.4 Å². The monoisotopic (exact) mass is 359 g/mol. The zero-order valence-corrected chi connectivity index (χ0v) is 14.7. The highest BCUT2D eigenvalue weighted by Crippen LogP contribution is 2.40. The fourth-order valence-electron chi connectivity index (χ4n) is 3.26. The highest BCUT2D eigenvalue weighted by molar-refractivity contribution is 6.29. The average Bonchev–Trinajstić information content (AvgIpc) is 3.03. The number of rotatable bonds is 3. The largest absolute Gasteiger partial charge is 0.491 e. The topological polar surface area (TPSA) is 49.8 Å². The van der Waals surface area contributed by atoms with Gasteiger partial charge in [0.1, 0.15) is 29.7 Å². The number of hydrogen-bond acceptors (Lipinski definition) is 5. The molecular formula is C19H18ClNO4. The van der Waals surface area contributed by atoms with Gasteiger partial charge >= 0.3 is 0 Å². The van der Waals surface area contributed by atoms with Gasteiger partial charge in [0.15, 0.2) is 12.1 Å². The Kier molecular flexibility index (Phi) is 4.09. The molecule has 0 aliphatic carbocycles. The molecule has 3 heterocycles. The van der Waals surface area contributed by atoms with Gasteiger partial charge in [-0.2, -0.15) is 0 Å². The van der Waals surface area contributed by atoms with E-state index in [1.165, 1.54) is 0 Å². The Morgan fingerprint density at radius 3 is 2.88 bits per heavy atom. The van der Waals surface area contributed by atoms with Crippen molar-refractivity contribution < 1.29 is 18.9 Å². The van der Waals surface area contributed by atoms with Gasteiger partial charge in [-0.15, -0.1) is 6.42 Å². The molecule has 1 aromatic carbocycles. The van der Waals surface area contributed by atoms with E-state index < -0.39 is 12.1 Å². The molecule has 6 heteroatoms. The first kappa shape index (κ1) is 16.6. The molecule has 130 valence electrons. The molecule has 0 spiro atoms. The quantitative estimate of drug-likeness (QED) is 0.621. The highest BCUT2D eigenvalue weighted by atomic mass is 35.5. The summed E-state index contributed by atoms with van der Waals surface area (Å²) in [6, 6.07) is 9.34. The Labute approximate surface area is 151 Å². The third-order valence-corrected chi connectivity index (χ3v) is 4.60. The number of halogens is 1. The summed E-state index contributed by atoms with van der Waals surface area (Å²) in [4.78, 5) is 4.29. The SMILES string of the molecule is C#C[C@@H]1[C@H]2OC(C)(C)O[C@H]2O[C@@H]1COc1ccc2ccc(Cl)nc2c1. The van der Waals surface area contributed by atoms with E-state index in [0.29, 0.717) is 17.5 Å². The van der Waals surface area contributed by atoms with Gasteiger partial charge in [-0.1, -0.05) is 17.5 Å². The summed E-state index contributed by atoms with van der Waals surface area (Å²) < 4.78 is 23.4. The van der Waals surface area contributed by atoms with Crippen molar-refractivity contribution in [3.63, 3.8) is 0 Å². The minimum absolute atomic E-state index is 0.222. The molecule has 25 heavy (non-hydrogen) atoms. The third-order valence-electron chi connectivity index (χ3n) is 4.39. The zero-order valence-electron chi connectivity index (χ0n) is 13.9. The first-order valence-corrected chi connectivity index (χ1v) is 8.49.